The highest BCUT2D eigenvalue weighted by Gasteiger charge is 2.21. The first-order valence-corrected chi connectivity index (χ1v) is 5.90. The number of nitrogens with zero attached hydrogens (tertiary/aromatic N) is 2. The number of hydrogen-bond donors (Lipinski definition) is 1. The number of rotatable bonds is 2. The molecule has 2 rings (SSSR count). The van der Waals surface area contributed by atoms with Gasteiger partial charge in [-0.25, -0.2) is 0 Å². The molecule has 1 aromatic rings. The maximum absolute atomic E-state index is 10.6. The van der Waals surface area contributed by atoms with Gasteiger partial charge in [-0.1, -0.05) is 0 Å². The van der Waals surface area contributed by atoms with E-state index in [4.69, 9.17) is 5.73 Å². The summed E-state index contributed by atoms with van der Waals surface area (Å²) in [6, 6.07) is 5.17. The van der Waals surface area contributed by atoms with Crippen LogP contribution in [0.15, 0.2) is 18.2 Å². The lowest BCUT2D eigenvalue weighted by Crippen LogP contribution is -2.37. The van der Waals surface area contributed by atoms with E-state index in [9.17, 15) is 10.1 Å². The van der Waals surface area contributed by atoms with Crippen molar-refractivity contribution in [3.05, 3.63) is 28.3 Å². The van der Waals surface area contributed by atoms with Crippen LogP contribution in [0.25, 0.3) is 0 Å². The lowest BCUT2D eigenvalue weighted by molar-refractivity contribution is -0.384. The summed E-state index contributed by atoms with van der Waals surface area (Å²) in [4.78, 5) is 12.5. The van der Waals surface area contributed by atoms with Gasteiger partial charge in [0, 0.05) is 24.7 Å². The second-order valence-electron chi connectivity index (χ2n) is 4.54. The summed E-state index contributed by atoms with van der Waals surface area (Å²) in [5.74, 6) is 0. The van der Waals surface area contributed by atoms with Crippen molar-refractivity contribution in [3.8, 4) is 0 Å². The number of nitrogens with two attached hydrogens (primary N) is 1. The van der Waals surface area contributed by atoms with Gasteiger partial charge in [-0.05, 0) is 32.3 Å². The predicted molar refractivity (Wildman–Crippen MR) is 68.2 cm³/mol. The van der Waals surface area contributed by atoms with Crippen LogP contribution in [0.5, 0.6) is 0 Å². The normalized spacial score (nSPS) is 20.3. The van der Waals surface area contributed by atoms with Crippen LogP contribution in [0, 0.1) is 10.1 Å². The van der Waals surface area contributed by atoms with Gasteiger partial charge in [0.25, 0.3) is 5.69 Å². The summed E-state index contributed by atoms with van der Waals surface area (Å²) in [6.45, 7) is 3.14. The molecule has 1 saturated heterocycles. The lowest BCUT2D eigenvalue weighted by Gasteiger charge is -2.36. The van der Waals surface area contributed by atoms with Gasteiger partial charge in [0.15, 0.2) is 0 Å². The highest BCUT2D eigenvalue weighted by Crippen LogP contribution is 2.31. The Hall–Kier alpha value is -1.78. The SMILES string of the molecule is C[C@@H]1CCCCN1c1ccc([N+](=O)[O-])cc1N. The summed E-state index contributed by atoms with van der Waals surface area (Å²) in [7, 11) is 0. The van der Waals surface area contributed by atoms with Crippen LogP contribution in [0.2, 0.25) is 0 Å². The predicted octanol–water partition coefficient (Wildman–Crippen LogP) is 2.56. The first-order valence-electron chi connectivity index (χ1n) is 5.90. The second kappa shape index (κ2) is 4.61. The number of piperidine rings is 1. The van der Waals surface area contributed by atoms with Crippen LogP contribution in [-0.4, -0.2) is 17.5 Å². The maximum atomic E-state index is 10.6. The van der Waals surface area contributed by atoms with E-state index in [1.54, 1.807) is 6.07 Å². The number of non-ortho nitro benzene ring substituents is 1. The van der Waals surface area contributed by atoms with Crippen LogP contribution in [0.1, 0.15) is 26.2 Å². The van der Waals surface area contributed by atoms with E-state index in [0.29, 0.717) is 11.7 Å². The molecule has 0 aromatic heterocycles. The summed E-state index contributed by atoms with van der Waals surface area (Å²) >= 11 is 0. The number of hydrogen-bond acceptors (Lipinski definition) is 4. The molecule has 0 bridgehead atoms. The largest absolute Gasteiger partial charge is 0.397 e. The molecule has 1 atom stereocenters. The molecule has 92 valence electrons. The van der Waals surface area contributed by atoms with Crippen LogP contribution in [0.3, 0.4) is 0 Å². The van der Waals surface area contributed by atoms with E-state index in [0.717, 1.165) is 25.1 Å². The second-order valence-corrected chi connectivity index (χ2v) is 4.54. The summed E-state index contributed by atoms with van der Waals surface area (Å²) < 4.78 is 0. The quantitative estimate of drug-likeness (QED) is 0.485. The third-order valence-corrected chi connectivity index (χ3v) is 3.33. The fraction of sp³-hybridized carbons (Fsp3) is 0.500. The number of anilines is 2. The Labute approximate surface area is 100 Å². The topological polar surface area (TPSA) is 72.4 Å². The molecule has 0 unspecified atom stereocenters. The molecule has 1 aliphatic rings. The first kappa shape index (κ1) is 11.7. The molecule has 17 heavy (non-hydrogen) atoms. The zero-order valence-corrected chi connectivity index (χ0v) is 9.93. The summed E-state index contributed by atoms with van der Waals surface area (Å²) in [5.41, 5.74) is 7.37. The highest BCUT2D eigenvalue weighted by molar-refractivity contribution is 5.71. The number of nitrogen functional groups attached to an aromatic ring is 1. The van der Waals surface area contributed by atoms with Crippen molar-refractivity contribution in [3.63, 3.8) is 0 Å². The maximum Gasteiger partial charge on any atom is 0.271 e. The molecule has 1 aliphatic heterocycles. The Balaban J connectivity index is 2.29. The molecule has 0 aliphatic carbocycles. The summed E-state index contributed by atoms with van der Waals surface area (Å²) in [6.07, 6.45) is 3.54. The van der Waals surface area contributed by atoms with E-state index in [-0.39, 0.29) is 5.69 Å². The molecule has 5 nitrogen and oxygen atoms in total. The van der Waals surface area contributed by atoms with E-state index in [2.05, 4.69) is 11.8 Å². The molecule has 5 heteroatoms. The smallest absolute Gasteiger partial charge is 0.271 e. The molecule has 2 N–H and O–H groups in total. The van der Waals surface area contributed by atoms with E-state index >= 15 is 0 Å². The highest BCUT2D eigenvalue weighted by atomic mass is 16.6. The molecule has 0 saturated carbocycles. The molecule has 1 fully saturated rings. The molecule has 1 heterocycles. The number of nitro benzene ring substituents is 1. The Morgan fingerprint density at radius 2 is 2.24 bits per heavy atom. The third-order valence-electron chi connectivity index (χ3n) is 3.33. The van der Waals surface area contributed by atoms with Crippen LogP contribution in [0.4, 0.5) is 17.1 Å². The lowest BCUT2D eigenvalue weighted by atomic mass is 10.0. The average molecular weight is 235 g/mol. The van der Waals surface area contributed by atoms with Crippen LogP contribution >= 0.6 is 0 Å². The van der Waals surface area contributed by atoms with Crippen LogP contribution in [-0.2, 0) is 0 Å². The Bertz CT molecular complexity index is 434. The van der Waals surface area contributed by atoms with Gasteiger partial charge in [0.05, 0.1) is 16.3 Å². The van der Waals surface area contributed by atoms with Crippen molar-refractivity contribution in [1.29, 1.82) is 0 Å². The third kappa shape index (κ3) is 2.33. The zero-order chi connectivity index (χ0) is 12.4. The number of nitro groups is 1. The fourth-order valence-corrected chi connectivity index (χ4v) is 2.37. The molecular formula is C12H17N3O2. The van der Waals surface area contributed by atoms with Crippen molar-refractivity contribution in [1.82, 2.24) is 0 Å². The van der Waals surface area contributed by atoms with Gasteiger partial charge < -0.3 is 10.6 Å². The van der Waals surface area contributed by atoms with Crippen molar-refractivity contribution in [2.45, 2.75) is 32.2 Å². The Morgan fingerprint density at radius 1 is 1.47 bits per heavy atom. The van der Waals surface area contributed by atoms with Gasteiger partial charge in [-0.15, -0.1) is 0 Å². The van der Waals surface area contributed by atoms with Crippen molar-refractivity contribution < 1.29 is 4.92 Å². The van der Waals surface area contributed by atoms with Gasteiger partial charge in [-0.2, -0.15) is 0 Å². The summed E-state index contributed by atoms with van der Waals surface area (Å²) in [5, 5.41) is 10.6. The Kier molecular flexibility index (Phi) is 3.17. The first-order chi connectivity index (χ1) is 8.09. The molecule has 0 radical (unpaired) electrons. The minimum Gasteiger partial charge on any atom is -0.397 e. The zero-order valence-electron chi connectivity index (χ0n) is 9.93. The fourth-order valence-electron chi connectivity index (χ4n) is 2.37. The molecular weight excluding hydrogens is 218 g/mol. The van der Waals surface area contributed by atoms with Crippen molar-refractivity contribution in [2.75, 3.05) is 17.2 Å². The van der Waals surface area contributed by atoms with Crippen molar-refractivity contribution >= 4 is 17.1 Å². The van der Waals surface area contributed by atoms with E-state index in [1.165, 1.54) is 18.6 Å². The monoisotopic (exact) mass is 235 g/mol. The van der Waals surface area contributed by atoms with Gasteiger partial charge in [0.1, 0.15) is 0 Å². The Morgan fingerprint density at radius 3 is 2.82 bits per heavy atom. The number of benzene rings is 1. The van der Waals surface area contributed by atoms with Gasteiger partial charge >= 0.3 is 0 Å². The molecule has 1 aromatic carbocycles. The van der Waals surface area contributed by atoms with Crippen molar-refractivity contribution in [2.24, 2.45) is 0 Å². The minimum atomic E-state index is -0.417. The van der Waals surface area contributed by atoms with E-state index in [1.807, 2.05) is 0 Å². The van der Waals surface area contributed by atoms with Crippen LogP contribution < -0.4 is 10.6 Å². The van der Waals surface area contributed by atoms with Gasteiger partial charge in [0.2, 0.25) is 0 Å². The minimum absolute atomic E-state index is 0.0518. The van der Waals surface area contributed by atoms with E-state index < -0.39 is 4.92 Å². The van der Waals surface area contributed by atoms with Gasteiger partial charge in [-0.3, -0.25) is 10.1 Å². The standard InChI is InChI=1S/C12H17N3O2/c1-9-4-2-3-7-14(9)12-6-5-10(15(16)17)8-11(12)13/h5-6,8-9H,2-4,7,13H2,1H3/t9-/m1/s1. The molecule has 0 amide bonds. The average Bonchev–Trinajstić information content (AvgIpc) is 2.30. The molecule has 0 spiro atoms.